The summed E-state index contributed by atoms with van der Waals surface area (Å²) in [6, 6.07) is 1.37. The molecule has 0 bridgehead atoms. The standard InChI is InChI=1S/C13H19ClN4O2/c1-2-17(9-10-4-3-5-15-7-10)13-12(14)6-11(8-16-13)18(19)20/h6,8,10,15H,2-5,7,9H2,1H3. The first-order chi connectivity index (χ1) is 9.61. The Hall–Kier alpha value is -1.40. The fraction of sp³-hybridized carbons (Fsp3) is 0.615. The summed E-state index contributed by atoms with van der Waals surface area (Å²) in [6.07, 6.45) is 3.64. The molecule has 6 nitrogen and oxygen atoms in total. The van der Waals surface area contributed by atoms with Gasteiger partial charge in [-0.15, -0.1) is 0 Å². The van der Waals surface area contributed by atoms with Crippen LogP contribution in [0.15, 0.2) is 12.3 Å². The zero-order valence-corrected chi connectivity index (χ0v) is 12.3. The zero-order chi connectivity index (χ0) is 14.5. The molecular formula is C13H19ClN4O2. The van der Waals surface area contributed by atoms with Gasteiger partial charge in [-0.1, -0.05) is 11.6 Å². The SMILES string of the molecule is CCN(CC1CCCNC1)c1ncc([N+](=O)[O-])cc1Cl. The van der Waals surface area contributed by atoms with E-state index in [-0.39, 0.29) is 5.69 Å². The smallest absolute Gasteiger partial charge is 0.289 e. The monoisotopic (exact) mass is 298 g/mol. The van der Waals surface area contributed by atoms with Crippen molar-refractivity contribution < 1.29 is 4.92 Å². The summed E-state index contributed by atoms with van der Waals surface area (Å²) in [6.45, 7) is 5.77. The summed E-state index contributed by atoms with van der Waals surface area (Å²) in [5.41, 5.74) is -0.0749. The number of rotatable bonds is 5. The molecule has 0 aromatic carbocycles. The van der Waals surface area contributed by atoms with Gasteiger partial charge in [0.2, 0.25) is 0 Å². The molecule has 1 atom stereocenters. The van der Waals surface area contributed by atoms with Crippen LogP contribution in [0, 0.1) is 16.0 Å². The van der Waals surface area contributed by atoms with Crippen molar-refractivity contribution in [3.8, 4) is 0 Å². The number of piperidine rings is 1. The van der Waals surface area contributed by atoms with Crippen molar-refractivity contribution in [1.29, 1.82) is 0 Å². The molecule has 1 N–H and O–H groups in total. The molecule has 110 valence electrons. The Labute approximate surface area is 123 Å². The van der Waals surface area contributed by atoms with E-state index in [1.54, 1.807) is 0 Å². The van der Waals surface area contributed by atoms with E-state index in [1.807, 2.05) is 6.92 Å². The molecule has 1 aromatic heterocycles. The third-order valence-corrected chi connectivity index (χ3v) is 3.86. The van der Waals surface area contributed by atoms with Crippen LogP contribution in [0.5, 0.6) is 0 Å². The van der Waals surface area contributed by atoms with Crippen LogP contribution < -0.4 is 10.2 Å². The predicted octanol–water partition coefficient (Wildman–Crippen LogP) is 2.47. The molecule has 0 aliphatic carbocycles. The summed E-state index contributed by atoms with van der Waals surface area (Å²) in [4.78, 5) is 16.5. The molecule has 0 radical (unpaired) electrons. The minimum atomic E-state index is -0.482. The van der Waals surface area contributed by atoms with Crippen LogP contribution in [0.25, 0.3) is 0 Å². The average Bonchev–Trinajstić information content (AvgIpc) is 2.46. The van der Waals surface area contributed by atoms with E-state index in [4.69, 9.17) is 11.6 Å². The number of halogens is 1. The number of anilines is 1. The minimum absolute atomic E-state index is 0.0749. The van der Waals surface area contributed by atoms with Gasteiger partial charge in [0.1, 0.15) is 12.0 Å². The third-order valence-electron chi connectivity index (χ3n) is 3.58. The molecule has 0 spiro atoms. The Kier molecular flexibility index (Phi) is 5.14. The number of nitro groups is 1. The molecule has 1 aliphatic heterocycles. The van der Waals surface area contributed by atoms with Crippen molar-refractivity contribution in [3.05, 3.63) is 27.4 Å². The first kappa shape index (κ1) is 15.0. The highest BCUT2D eigenvalue weighted by Crippen LogP contribution is 2.28. The van der Waals surface area contributed by atoms with Crippen LogP contribution in [0.2, 0.25) is 5.02 Å². The van der Waals surface area contributed by atoms with Crippen molar-refractivity contribution in [2.24, 2.45) is 5.92 Å². The maximum absolute atomic E-state index is 10.7. The van der Waals surface area contributed by atoms with Crippen molar-refractivity contribution >= 4 is 23.1 Å². The lowest BCUT2D eigenvalue weighted by molar-refractivity contribution is -0.385. The molecule has 1 saturated heterocycles. The van der Waals surface area contributed by atoms with Gasteiger partial charge in [-0.2, -0.15) is 0 Å². The van der Waals surface area contributed by atoms with Gasteiger partial charge in [0, 0.05) is 19.2 Å². The van der Waals surface area contributed by atoms with Crippen molar-refractivity contribution in [3.63, 3.8) is 0 Å². The number of hydrogen-bond acceptors (Lipinski definition) is 5. The first-order valence-electron chi connectivity index (χ1n) is 6.87. The van der Waals surface area contributed by atoms with E-state index in [0.29, 0.717) is 16.8 Å². The summed E-state index contributed by atoms with van der Waals surface area (Å²) in [5, 5.41) is 14.4. The lowest BCUT2D eigenvalue weighted by atomic mass is 9.99. The predicted molar refractivity (Wildman–Crippen MR) is 79.4 cm³/mol. The van der Waals surface area contributed by atoms with E-state index in [1.165, 1.54) is 25.1 Å². The molecule has 2 rings (SSSR count). The van der Waals surface area contributed by atoms with Gasteiger partial charge in [-0.3, -0.25) is 10.1 Å². The fourth-order valence-electron chi connectivity index (χ4n) is 2.51. The second-order valence-electron chi connectivity index (χ2n) is 5.01. The highest BCUT2D eigenvalue weighted by Gasteiger charge is 2.20. The molecule has 0 amide bonds. The van der Waals surface area contributed by atoms with Gasteiger partial charge in [-0.05, 0) is 38.8 Å². The van der Waals surface area contributed by atoms with E-state index >= 15 is 0 Å². The molecule has 1 unspecified atom stereocenters. The van der Waals surface area contributed by atoms with Crippen LogP contribution in [-0.4, -0.2) is 36.1 Å². The van der Waals surface area contributed by atoms with Gasteiger partial charge in [0.25, 0.3) is 5.69 Å². The third kappa shape index (κ3) is 3.58. The van der Waals surface area contributed by atoms with Crippen LogP contribution in [0.3, 0.4) is 0 Å². The van der Waals surface area contributed by atoms with Gasteiger partial charge < -0.3 is 10.2 Å². The topological polar surface area (TPSA) is 71.3 Å². The molecule has 1 aliphatic rings. The van der Waals surface area contributed by atoms with Gasteiger partial charge in [0.05, 0.1) is 9.95 Å². The quantitative estimate of drug-likeness (QED) is 0.668. The Balaban J connectivity index is 2.12. The van der Waals surface area contributed by atoms with E-state index in [0.717, 1.165) is 26.2 Å². The van der Waals surface area contributed by atoms with Crippen molar-refractivity contribution in [2.75, 3.05) is 31.1 Å². The average molecular weight is 299 g/mol. The van der Waals surface area contributed by atoms with Crippen LogP contribution in [0.1, 0.15) is 19.8 Å². The number of hydrogen-bond donors (Lipinski definition) is 1. The van der Waals surface area contributed by atoms with Crippen LogP contribution in [-0.2, 0) is 0 Å². The molecule has 20 heavy (non-hydrogen) atoms. The number of nitrogens with one attached hydrogen (secondary N) is 1. The molecule has 1 fully saturated rings. The second kappa shape index (κ2) is 6.85. The Morgan fingerprint density at radius 1 is 1.65 bits per heavy atom. The van der Waals surface area contributed by atoms with Gasteiger partial charge >= 0.3 is 0 Å². The Morgan fingerprint density at radius 3 is 3.00 bits per heavy atom. The summed E-state index contributed by atoms with van der Waals surface area (Å²) < 4.78 is 0. The van der Waals surface area contributed by atoms with E-state index < -0.39 is 4.92 Å². The van der Waals surface area contributed by atoms with Crippen LogP contribution >= 0.6 is 11.6 Å². The molecular weight excluding hydrogens is 280 g/mol. The molecule has 0 saturated carbocycles. The summed E-state index contributed by atoms with van der Waals surface area (Å²) >= 11 is 6.14. The lowest BCUT2D eigenvalue weighted by Gasteiger charge is -2.30. The van der Waals surface area contributed by atoms with E-state index in [2.05, 4.69) is 15.2 Å². The van der Waals surface area contributed by atoms with Gasteiger partial charge in [0.15, 0.2) is 0 Å². The largest absolute Gasteiger partial charge is 0.355 e. The Morgan fingerprint density at radius 2 is 2.45 bits per heavy atom. The normalized spacial score (nSPS) is 18.8. The zero-order valence-electron chi connectivity index (χ0n) is 11.5. The highest BCUT2D eigenvalue weighted by atomic mass is 35.5. The van der Waals surface area contributed by atoms with Crippen LogP contribution in [0.4, 0.5) is 11.5 Å². The van der Waals surface area contributed by atoms with Crippen molar-refractivity contribution in [2.45, 2.75) is 19.8 Å². The maximum atomic E-state index is 10.7. The highest BCUT2D eigenvalue weighted by molar-refractivity contribution is 6.33. The van der Waals surface area contributed by atoms with E-state index in [9.17, 15) is 10.1 Å². The molecule has 2 heterocycles. The number of pyridine rings is 1. The number of aromatic nitrogens is 1. The maximum Gasteiger partial charge on any atom is 0.289 e. The van der Waals surface area contributed by atoms with Crippen molar-refractivity contribution in [1.82, 2.24) is 10.3 Å². The minimum Gasteiger partial charge on any atom is -0.355 e. The lowest BCUT2D eigenvalue weighted by Crippen LogP contribution is -2.38. The summed E-state index contributed by atoms with van der Waals surface area (Å²) in [7, 11) is 0. The molecule has 1 aromatic rings. The number of nitrogens with zero attached hydrogens (tertiary/aromatic N) is 3. The Bertz CT molecular complexity index is 477. The fourth-order valence-corrected chi connectivity index (χ4v) is 2.79. The summed E-state index contributed by atoms with van der Waals surface area (Å²) in [5.74, 6) is 1.20. The first-order valence-corrected chi connectivity index (χ1v) is 7.25. The van der Waals surface area contributed by atoms with Gasteiger partial charge in [-0.25, -0.2) is 4.98 Å². The molecule has 7 heteroatoms. The second-order valence-corrected chi connectivity index (χ2v) is 5.41.